The van der Waals surface area contributed by atoms with Gasteiger partial charge >= 0.3 is 0 Å². The van der Waals surface area contributed by atoms with E-state index in [-0.39, 0.29) is 11.8 Å². The van der Waals surface area contributed by atoms with Gasteiger partial charge in [-0.2, -0.15) is 5.10 Å². The molecule has 0 aliphatic heterocycles. The average molecular weight is 284 g/mol. The van der Waals surface area contributed by atoms with Gasteiger partial charge in [0.2, 0.25) is 5.91 Å². The molecule has 2 bridgehead atoms. The highest BCUT2D eigenvalue weighted by Crippen LogP contribution is 2.48. The first-order chi connectivity index (χ1) is 10.1. The Morgan fingerprint density at radius 1 is 1.38 bits per heavy atom. The van der Waals surface area contributed by atoms with Crippen LogP contribution < -0.4 is 5.32 Å². The molecule has 0 spiro atoms. The summed E-state index contributed by atoms with van der Waals surface area (Å²) in [5.74, 6) is 1.76. The maximum atomic E-state index is 12.5. The fourth-order valence-corrected chi connectivity index (χ4v) is 4.18. The number of aryl methyl sites for hydroxylation is 2. The molecule has 2 aromatic heterocycles. The topological polar surface area (TPSA) is 59.8 Å². The van der Waals surface area contributed by atoms with Crippen molar-refractivity contribution in [3.05, 3.63) is 18.0 Å². The number of nitrogens with zero attached hydrogens (tertiary/aromatic N) is 3. The Kier molecular flexibility index (Phi) is 2.77. The van der Waals surface area contributed by atoms with Crippen LogP contribution in [0, 0.1) is 24.7 Å². The van der Waals surface area contributed by atoms with Crippen LogP contribution in [0.15, 0.2) is 12.3 Å². The summed E-state index contributed by atoms with van der Waals surface area (Å²) in [7, 11) is 1.88. The van der Waals surface area contributed by atoms with Gasteiger partial charge in [-0.3, -0.25) is 9.48 Å². The molecule has 2 aromatic rings. The molecule has 110 valence electrons. The first-order valence-electron chi connectivity index (χ1n) is 7.72. The second-order valence-corrected chi connectivity index (χ2v) is 6.57. The van der Waals surface area contributed by atoms with E-state index >= 15 is 0 Å². The van der Waals surface area contributed by atoms with Crippen LogP contribution in [0.4, 0.5) is 5.69 Å². The molecule has 5 nitrogen and oxygen atoms in total. The molecular weight excluding hydrogens is 264 g/mol. The van der Waals surface area contributed by atoms with Crippen LogP contribution in [0.5, 0.6) is 0 Å². The Morgan fingerprint density at radius 3 is 2.95 bits per heavy atom. The normalized spacial score (nSPS) is 27.4. The molecule has 2 aliphatic rings. The lowest BCUT2D eigenvalue weighted by Crippen LogP contribution is -2.27. The van der Waals surface area contributed by atoms with Crippen molar-refractivity contribution < 1.29 is 4.79 Å². The summed E-state index contributed by atoms with van der Waals surface area (Å²) in [6.07, 6.45) is 6.59. The zero-order valence-corrected chi connectivity index (χ0v) is 12.5. The number of carbonyl (C=O) groups excluding carboxylic acids is 1. The fourth-order valence-electron chi connectivity index (χ4n) is 4.18. The summed E-state index contributed by atoms with van der Waals surface area (Å²) >= 11 is 0. The van der Waals surface area contributed by atoms with E-state index in [1.54, 1.807) is 10.9 Å². The van der Waals surface area contributed by atoms with Crippen LogP contribution in [0.1, 0.15) is 31.4 Å². The average Bonchev–Trinajstić information content (AvgIpc) is 3.15. The molecule has 0 aromatic carbocycles. The van der Waals surface area contributed by atoms with E-state index in [4.69, 9.17) is 0 Å². The van der Waals surface area contributed by atoms with E-state index in [0.29, 0.717) is 5.92 Å². The second kappa shape index (κ2) is 4.55. The summed E-state index contributed by atoms with van der Waals surface area (Å²) in [5.41, 5.74) is 2.58. The Bertz CT molecular complexity index is 720. The van der Waals surface area contributed by atoms with Gasteiger partial charge in [0.1, 0.15) is 0 Å². The Morgan fingerprint density at radius 2 is 2.24 bits per heavy atom. The first kappa shape index (κ1) is 12.8. The maximum absolute atomic E-state index is 12.5. The number of aromatic nitrogens is 3. The van der Waals surface area contributed by atoms with Gasteiger partial charge in [-0.05, 0) is 44.1 Å². The molecule has 21 heavy (non-hydrogen) atoms. The molecule has 1 amide bonds. The van der Waals surface area contributed by atoms with Crippen molar-refractivity contribution in [3.8, 4) is 0 Å². The number of pyridine rings is 1. The van der Waals surface area contributed by atoms with Gasteiger partial charge < -0.3 is 5.32 Å². The molecular formula is C16H20N4O. The third-order valence-electron chi connectivity index (χ3n) is 5.21. The standard InChI is InChI=1S/C16H20N4O/c1-9-13-7-12(8-17-15(13)20(2)19-9)18-16(21)14-6-10-3-4-11(14)5-10/h7-8,10-11,14H,3-6H2,1-2H3,(H,18,21). The van der Waals surface area contributed by atoms with Crippen LogP contribution in [0.3, 0.4) is 0 Å². The number of amides is 1. The van der Waals surface area contributed by atoms with Crippen molar-refractivity contribution >= 4 is 22.6 Å². The SMILES string of the molecule is Cc1nn(C)c2ncc(NC(=O)C3CC4CCC3C4)cc12. The molecule has 5 heteroatoms. The van der Waals surface area contributed by atoms with E-state index in [2.05, 4.69) is 15.4 Å². The van der Waals surface area contributed by atoms with Crippen LogP contribution >= 0.6 is 0 Å². The number of fused-ring (bicyclic) bond motifs is 3. The summed E-state index contributed by atoms with van der Waals surface area (Å²) in [6, 6.07) is 1.98. The Labute approximate surface area is 123 Å². The molecule has 3 atom stereocenters. The monoisotopic (exact) mass is 284 g/mol. The quantitative estimate of drug-likeness (QED) is 0.922. The minimum atomic E-state index is 0.171. The van der Waals surface area contributed by atoms with E-state index in [1.165, 1.54) is 19.3 Å². The summed E-state index contributed by atoms with van der Waals surface area (Å²) in [5, 5.41) is 8.42. The number of carbonyl (C=O) groups is 1. The predicted molar refractivity (Wildman–Crippen MR) is 80.8 cm³/mol. The van der Waals surface area contributed by atoms with Gasteiger partial charge in [0.05, 0.1) is 17.6 Å². The Hall–Kier alpha value is -1.91. The smallest absolute Gasteiger partial charge is 0.227 e. The largest absolute Gasteiger partial charge is 0.324 e. The van der Waals surface area contributed by atoms with E-state index in [1.807, 2.05) is 20.0 Å². The van der Waals surface area contributed by atoms with Crippen molar-refractivity contribution in [2.24, 2.45) is 24.8 Å². The van der Waals surface area contributed by atoms with Crippen molar-refractivity contribution in [2.45, 2.75) is 32.6 Å². The van der Waals surface area contributed by atoms with E-state index in [0.717, 1.165) is 34.8 Å². The van der Waals surface area contributed by atoms with Crippen LogP contribution in [-0.2, 0) is 11.8 Å². The number of hydrogen-bond donors (Lipinski definition) is 1. The summed E-state index contributed by atoms with van der Waals surface area (Å²) in [4.78, 5) is 16.9. The minimum absolute atomic E-state index is 0.171. The van der Waals surface area contributed by atoms with Crippen molar-refractivity contribution in [3.63, 3.8) is 0 Å². The molecule has 0 radical (unpaired) electrons. The lowest BCUT2D eigenvalue weighted by atomic mass is 9.88. The zero-order chi connectivity index (χ0) is 14.6. The maximum Gasteiger partial charge on any atom is 0.227 e. The van der Waals surface area contributed by atoms with Crippen LogP contribution in [-0.4, -0.2) is 20.7 Å². The van der Waals surface area contributed by atoms with Gasteiger partial charge in [0, 0.05) is 18.4 Å². The lowest BCUT2D eigenvalue weighted by Gasteiger charge is -2.20. The molecule has 0 saturated heterocycles. The molecule has 4 rings (SSSR count). The Balaban J connectivity index is 1.57. The number of hydrogen-bond acceptors (Lipinski definition) is 3. The molecule has 2 heterocycles. The molecule has 2 saturated carbocycles. The first-order valence-corrected chi connectivity index (χ1v) is 7.72. The highest BCUT2D eigenvalue weighted by atomic mass is 16.1. The molecule has 3 unspecified atom stereocenters. The van der Waals surface area contributed by atoms with Crippen LogP contribution in [0.2, 0.25) is 0 Å². The molecule has 2 fully saturated rings. The van der Waals surface area contributed by atoms with Crippen molar-refractivity contribution in [1.29, 1.82) is 0 Å². The highest BCUT2D eigenvalue weighted by molar-refractivity contribution is 5.95. The third-order valence-corrected chi connectivity index (χ3v) is 5.21. The van der Waals surface area contributed by atoms with Crippen molar-refractivity contribution in [2.75, 3.05) is 5.32 Å². The third kappa shape index (κ3) is 2.03. The fraction of sp³-hybridized carbons (Fsp3) is 0.562. The summed E-state index contributed by atoms with van der Waals surface area (Å²) < 4.78 is 1.77. The van der Waals surface area contributed by atoms with Gasteiger partial charge in [-0.15, -0.1) is 0 Å². The lowest BCUT2D eigenvalue weighted by molar-refractivity contribution is -0.121. The summed E-state index contributed by atoms with van der Waals surface area (Å²) in [6.45, 7) is 1.96. The van der Waals surface area contributed by atoms with Gasteiger partial charge in [-0.25, -0.2) is 4.98 Å². The van der Waals surface area contributed by atoms with Gasteiger partial charge in [0.25, 0.3) is 0 Å². The highest BCUT2D eigenvalue weighted by Gasteiger charge is 2.43. The second-order valence-electron chi connectivity index (χ2n) is 6.57. The molecule has 1 N–H and O–H groups in total. The van der Waals surface area contributed by atoms with Gasteiger partial charge in [0.15, 0.2) is 5.65 Å². The minimum Gasteiger partial charge on any atom is -0.324 e. The number of anilines is 1. The number of rotatable bonds is 2. The van der Waals surface area contributed by atoms with E-state index in [9.17, 15) is 4.79 Å². The zero-order valence-electron chi connectivity index (χ0n) is 12.5. The molecule has 2 aliphatic carbocycles. The number of nitrogens with one attached hydrogen (secondary N) is 1. The van der Waals surface area contributed by atoms with E-state index < -0.39 is 0 Å². The predicted octanol–water partition coefficient (Wildman–Crippen LogP) is 2.65. The van der Waals surface area contributed by atoms with Gasteiger partial charge in [-0.1, -0.05) is 6.42 Å². The van der Waals surface area contributed by atoms with Crippen molar-refractivity contribution in [1.82, 2.24) is 14.8 Å². The van der Waals surface area contributed by atoms with Crippen LogP contribution in [0.25, 0.3) is 11.0 Å².